The summed E-state index contributed by atoms with van der Waals surface area (Å²) in [6.45, 7) is 0.174. The summed E-state index contributed by atoms with van der Waals surface area (Å²) in [5, 5.41) is 9.95. The predicted octanol–water partition coefficient (Wildman–Crippen LogP) is 3.49. The van der Waals surface area contributed by atoms with Crippen LogP contribution in [0.3, 0.4) is 0 Å². The summed E-state index contributed by atoms with van der Waals surface area (Å²) in [7, 11) is 0. The fraction of sp³-hybridized carbons (Fsp3) is 0.0667. The summed E-state index contributed by atoms with van der Waals surface area (Å²) >= 11 is 5.77. The molecular formula is C15H12ClNO3. The molecule has 1 N–H and O–H groups in total. The average Bonchev–Trinajstić information content (AvgIpc) is 2.47. The molecule has 20 heavy (non-hydrogen) atoms. The molecule has 102 valence electrons. The van der Waals surface area contributed by atoms with Crippen molar-refractivity contribution in [3.63, 3.8) is 0 Å². The Morgan fingerprint density at radius 1 is 1.25 bits per heavy atom. The van der Waals surface area contributed by atoms with Crippen LogP contribution in [0, 0.1) is 0 Å². The predicted molar refractivity (Wildman–Crippen MR) is 77.5 cm³/mol. The van der Waals surface area contributed by atoms with Crippen LogP contribution in [-0.4, -0.2) is 17.3 Å². The molecule has 2 rings (SSSR count). The molecule has 0 heterocycles. The Morgan fingerprint density at radius 2 is 2.00 bits per heavy atom. The summed E-state index contributed by atoms with van der Waals surface area (Å²) in [4.78, 5) is 15.3. The molecule has 0 radical (unpaired) electrons. The SMILES string of the molecule is O=C(C=Nc1cc(Cl)ccc1O)OCc1ccccc1. The van der Waals surface area contributed by atoms with Gasteiger partial charge in [-0.15, -0.1) is 0 Å². The summed E-state index contributed by atoms with van der Waals surface area (Å²) in [5.74, 6) is -0.644. The van der Waals surface area contributed by atoms with Crippen molar-refractivity contribution in [1.82, 2.24) is 0 Å². The Kier molecular flexibility index (Phi) is 4.74. The summed E-state index contributed by atoms with van der Waals surface area (Å²) in [5.41, 5.74) is 1.11. The van der Waals surface area contributed by atoms with Gasteiger partial charge in [-0.1, -0.05) is 41.9 Å². The molecule has 2 aromatic rings. The van der Waals surface area contributed by atoms with Gasteiger partial charge in [-0.3, -0.25) is 0 Å². The number of carbonyl (C=O) groups excluding carboxylic acids is 1. The molecule has 2 aromatic carbocycles. The van der Waals surface area contributed by atoms with Crippen molar-refractivity contribution in [3.05, 3.63) is 59.1 Å². The normalized spacial score (nSPS) is 10.7. The maximum absolute atomic E-state index is 11.5. The highest BCUT2D eigenvalue weighted by Gasteiger charge is 2.02. The molecule has 0 aromatic heterocycles. The number of nitrogens with zero attached hydrogens (tertiary/aromatic N) is 1. The first-order chi connectivity index (χ1) is 9.65. The van der Waals surface area contributed by atoms with Gasteiger partial charge < -0.3 is 9.84 Å². The lowest BCUT2D eigenvalue weighted by molar-refractivity contribution is -0.136. The zero-order valence-corrected chi connectivity index (χ0v) is 11.2. The van der Waals surface area contributed by atoms with Crippen molar-refractivity contribution in [2.24, 2.45) is 4.99 Å². The third-order valence-electron chi connectivity index (χ3n) is 2.47. The molecule has 0 aliphatic heterocycles. The Bertz CT molecular complexity index is 626. The number of aliphatic imine (C=N–C) groups is 1. The van der Waals surface area contributed by atoms with Gasteiger partial charge >= 0.3 is 5.97 Å². The van der Waals surface area contributed by atoms with Crippen LogP contribution < -0.4 is 0 Å². The Balaban J connectivity index is 1.94. The second-order valence-electron chi connectivity index (χ2n) is 3.98. The fourth-order valence-corrected chi connectivity index (χ4v) is 1.65. The van der Waals surface area contributed by atoms with Crippen molar-refractivity contribution >= 4 is 29.5 Å². The van der Waals surface area contributed by atoms with Gasteiger partial charge in [-0.05, 0) is 23.8 Å². The largest absolute Gasteiger partial charge is 0.506 e. The second kappa shape index (κ2) is 6.73. The standard InChI is InChI=1S/C15H12ClNO3/c16-12-6-7-14(18)13(8-12)17-9-15(19)20-10-11-4-2-1-3-5-11/h1-9,18H,10H2. The van der Waals surface area contributed by atoms with Crippen LogP contribution in [0.5, 0.6) is 5.75 Å². The minimum atomic E-state index is -0.590. The lowest BCUT2D eigenvalue weighted by Crippen LogP contribution is -2.05. The smallest absolute Gasteiger partial charge is 0.349 e. The van der Waals surface area contributed by atoms with E-state index in [1.165, 1.54) is 18.2 Å². The zero-order valence-electron chi connectivity index (χ0n) is 10.5. The zero-order chi connectivity index (χ0) is 14.4. The van der Waals surface area contributed by atoms with Crippen LogP contribution >= 0.6 is 11.6 Å². The number of phenolic OH excluding ortho intramolecular Hbond substituents is 1. The fourth-order valence-electron chi connectivity index (χ4n) is 1.49. The number of halogens is 1. The topological polar surface area (TPSA) is 58.9 Å². The number of aromatic hydroxyl groups is 1. The highest BCUT2D eigenvalue weighted by Crippen LogP contribution is 2.28. The first kappa shape index (κ1) is 14.1. The Morgan fingerprint density at radius 3 is 2.75 bits per heavy atom. The Labute approximate surface area is 121 Å². The maximum Gasteiger partial charge on any atom is 0.349 e. The minimum absolute atomic E-state index is 0.0542. The number of hydrogen-bond acceptors (Lipinski definition) is 4. The molecule has 4 nitrogen and oxygen atoms in total. The number of ether oxygens (including phenoxy) is 1. The van der Waals surface area contributed by atoms with E-state index in [2.05, 4.69) is 4.99 Å². The van der Waals surface area contributed by atoms with Crippen molar-refractivity contribution in [2.75, 3.05) is 0 Å². The van der Waals surface area contributed by atoms with E-state index in [-0.39, 0.29) is 18.0 Å². The van der Waals surface area contributed by atoms with Crippen LogP contribution in [0.2, 0.25) is 5.02 Å². The van der Waals surface area contributed by atoms with Crippen molar-refractivity contribution in [3.8, 4) is 5.75 Å². The molecule has 0 bridgehead atoms. The van der Waals surface area contributed by atoms with Gasteiger partial charge in [0.1, 0.15) is 24.3 Å². The monoisotopic (exact) mass is 289 g/mol. The number of benzene rings is 2. The lowest BCUT2D eigenvalue weighted by Gasteiger charge is -2.02. The second-order valence-corrected chi connectivity index (χ2v) is 4.42. The van der Waals surface area contributed by atoms with E-state index in [0.29, 0.717) is 5.02 Å². The van der Waals surface area contributed by atoms with Gasteiger partial charge in [-0.2, -0.15) is 0 Å². The van der Waals surface area contributed by atoms with Gasteiger partial charge in [0.2, 0.25) is 0 Å². The highest BCUT2D eigenvalue weighted by atomic mass is 35.5. The molecular weight excluding hydrogens is 278 g/mol. The molecule has 0 saturated carbocycles. The number of hydrogen-bond donors (Lipinski definition) is 1. The summed E-state index contributed by atoms with van der Waals surface area (Å²) < 4.78 is 5.02. The summed E-state index contributed by atoms with van der Waals surface area (Å²) in [6.07, 6.45) is 1.01. The highest BCUT2D eigenvalue weighted by molar-refractivity contribution is 6.31. The first-order valence-corrected chi connectivity index (χ1v) is 6.26. The van der Waals surface area contributed by atoms with Gasteiger partial charge in [0.15, 0.2) is 0 Å². The van der Waals surface area contributed by atoms with E-state index in [9.17, 15) is 9.90 Å². The van der Waals surface area contributed by atoms with E-state index >= 15 is 0 Å². The summed E-state index contributed by atoms with van der Waals surface area (Å²) in [6, 6.07) is 13.7. The average molecular weight is 290 g/mol. The Hall–Kier alpha value is -2.33. The molecule has 0 aliphatic carbocycles. The van der Waals surface area contributed by atoms with Crippen LogP contribution in [0.25, 0.3) is 0 Å². The van der Waals surface area contributed by atoms with E-state index in [0.717, 1.165) is 11.8 Å². The van der Waals surface area contributed by atoms with Gasteiger partial charge in [0.25, 0.3) is 0 Å². The number of esters is 1. The van der Waals surface area contributed by atoms with Gasteiger partial charge in [0.05, 0.1) is 0 Å². The molecule has 0 atom stereocenters. The number of phenols is 1. The van der Waals surface area contributed by atoms with Crippen molar-refractivity contribution < 1.29 is 14.6 Å². The molecule has 0 amide bonds. The first-order valence-electron chi connectivity index (χ1n) is 5.88. The van der Waals surface area contributed by atoms with Crippen LogP contribution in [-0.2, 0) is 16.1 Å². The van der Waals surface area contributed by atoms with Crippen LogP contribution in [0.1, 0.15) is 5.56 Å². The van der Waals surface area contributed by atoms with E-state index < -0.39 is 5.97 Å². The van der Waals surface area contributed by atoms with Gasteiger partial charge in [0, 0.05) is 5.02 Å². The van der Waals surface area contributed by atoms with E-state index in [1.807, 2.05) is 30.3 Å². The minimum Gasteiger partial charge on any atom is -0.506 e. The van der Waals surface area contributed by atoms with Crippen LogP contribution in [0.15, 0.2) is 53.5 Å². The lowest BCUT2D eigenvalue weighted by atomic mass is 10.2. The molecule has 0 saturated heterocycles. The quantitative estimate of drug-likeness (QED) is 0.692. The molecule has 0 spiro atoms. The molecule has 0 aliphatic rings. The third kappa shape index (κ3) is 4.10. The molecule has 0 unspecified atom stereocenters. The maximum atomic E-state index is 11.5. The van der Waals surface area contributed by atoms with Gasteiger partial charge in [-0.25, -0.2) is 9.79 Å². The number of carbonyl (C=O) groups is 1. The van der Waals surface area contributed by atoms with E-state index in [1.54, 1.807) is 0 Å². The van der Waals surface area contributed by atoms with E-state index in [4.69, 9.17) is 16.3 Å². The van der Waals surface area contributed by atoms with Crippen LogP contribution in [0.4, 0.5) is 5.69 Å². The van der Waals surface area contributed by atoms with Crippen molar-refractivity contribution in [1.29, 1.82) is 0 Å². The third-order valence-corrected chi connectivity index (χ3v) is 2.71. The molecule has 0 fully saturated rings. The van der Waals surface area contributed by atoms with Crippen molar-refractivity contribution in [2.45, 2.75) is 6.61 Å². The number of rotatable bonds is 4. The molecule has 5 heteroatoms.